The van der Waals surface area contributed by atoms with Gasteiger partial charge in [0.2, 0.25) is 0 Å². The van der Waals surface area contributed by atoms with Gasteiger partial charge in [0.25, 0.3) is 5.69 Å². The first kappa shape index (κ1) is 14.5. The molecule has 0 spiro atoms. The molecule has 5 nitrogen and oxygen atoms in total. The van der Waals surface area contributed by atoms with Crippen LogP contribution in [0.1, 0.15) is 19.4 Å². The maximum absolute atomic E-state index is 11.1. The summed E-state index contributed by atoms with van der Waals surface area (Å²) in [5.41, 5.74) is 0.745. The molecule has 98 valence electrons. The van der Waals surface area contributed by atoms with Crippen molar-refractivity contribution in [3.05, 3.63) is 33.9 Å². The molecule has 0 saturated carbocycles. The lowest BCUT2D eigenvalue weighted by atomic mass is 10.1. The van der Waals surface area contributed by atoms with Crippen LogP contribution >= 0.6 is 11.8 Å². The Bertz CT molecular complexity index is 473. The molecule has 6 heteroatoms. The molecule has 1 aromatic rings. The number of nitro groups is 1. The minimum Gasteiger partial charge on any atom is -0.480 e. The van der Waals surface area contributed by atoms with Crippen LogP contribution in [0.25, 0.3) is 0 Å². The minimum atomic E-state index is -0.868. The number of hydrogen-bond donors (Lipinski definition) is 1. The van der Waals surface area contributed by atoms with Gasteiger partial charge >= 0.3 is 5.97 Å². The number of nitro benzene ring substituents is 1. The molecule has 0 saturated heterocycles. The van der Waals surface area contributed by atoms with Gasteiger partial charge in [0.1, 0.15) is 5.25 Å². The summed E-state index contributed by atoms with van der Waals surface area (Å²) in [6, 6.07) is 4.46. The Kier molecular flexibility index (Phi) is 4.72. The van der Waals surface area contributed by atoms with Crippen molar-refractivity contribution in [2.75, 3.05) is 0 Å². The summed E-state index contributed by atoms with van der Waals surface area (Å²) in [6.07, 6.45) is 0. The fourth-order valence-corrected chi connectivity index (χ4v) is 2.53. The molecule has 0 aliphatic carbocycles. The number of aryl methyl sites for hydroxylation is 1. The maximum atomic E-state index is 11.1. The summed E-state index contributed by atoms with van der Waals surface area (Å²) >= 11 is 1.23. The first-order valence-corrected chi connectivity index (χ1v) is 6.35. The zero-order valence-electron chi connectivity index (χ0n) is 10.4. The van der Waals surface area contributed by atoms with Gasteiger partial charge in [0.05, 0.1) is 4.92 Å². The van der Waals surface area contributed by atoms with Crippen molar-refractivity contribution in [3.63, 3.8) is 0 Å². The van der Waals surface area contributed by atoms with E-state index in [0.29, 0.717) is 0 Å². The number of non-ortho nitro benzene ring substituents is 1. The fraction of sp³-hybridized carbons (Fsp3) is 0.417. The van der Waals surface area contributed by atoms with Crippen molar-refractivity contribution in [1.82, 2.24) is 0 Å². The third kappa shape index (κ3) is 3.46. The lowest BCUT2D eigenvalue weighted by Gasteiger charge is -2.16. The van der Waals surface area contributed by atoms with Crippen molar-refractivity contribution in [2.24, 2.45) is 5.92 Å². The molecule has 0 fully saturated rings. The summed E-state index contributed by atoms with van der Waals surface area (Å²) in [6.45, 7) is 5.42. The van der Waals surface area contributed by atoms with E-state index in [1.165, 1.54) is 23.9 Å². The summed E-state index contributed by atoms with van der Waals surface area (Å²) in [7, 11) is 0. The maximum Gasteiger partial charge on any atom is 0.317 e. The molecule has 0 aliphatic heterocycles. The first-order chi connectivity index (χ1) is 8.32. The van der Waals surface area contributed by atoms with Crippen LogP contribution in [0, 0.1) is 23.0 Å². The molecule has 0 heterocycles. The van der Waals surface area contributed by atoms with Gasteiger partial charge in [-0.25, -0.2) is 0 Å². The van der Waals surface area contributed by atoms with Crippen LogP contribution in [0.3, 0.4) is 0 Å². The molecule has 18 heavy (non-hydrogen) atoms. The van der Waals surface area contributed by atoms with Gasteiger partial charge in [0.15, 0.2) is 0 Å². The quantitative estimate of drug-likeness (QED) is 0.504. The summed E-state index contributed by atoms with van der Waals surface area (Å²) in [5, 5.41) is 19.2. The Hall–Kier alpha value is -1.56. The Morgan fingerprint density at radius 1 is 1.44 bits per heavy atom. The van der Waals surface area contributed by atoms with E-state index < -0.39 is 16.1 Å². The van der Waals surface area contributed by atoms with E-state index in [-0.39, 0.29) is 11.6 Å². The van der Waals surface area contributed by atoms with Gasteiger partial charge in [0, 0.05) is 17.0 Å². The van der Waals surface area contributed by atoms with Gasteiger partial charge in [-0.2, -0.15) is 0 Å². The fourth-order valence-electron chi connectivity index (χ4n) is 1.49. The molecule has 1 atom stereocenters. The molecule has 0 aliphatic rings. The number of thioether (sulfide) groups is 1. The van der Waals surface area contributed by atoms with Gasteiger partial charge in [-0.15, -0.1) is 11.8 Å². The van der Waals surface area contributed by atoms with Crippen molar-refractivity contribution in [3.8, 4) is 0 Å². The van der Waals surface area contributed by atoms with Gasteiger partial charge < -0.3 is 5.11 Å². The molecule has 1 unspecified atom stereocenters. The lowest BCUT2D eigenvalue weighted by Crippen LogP contribution is -2.22. The SMILES string of the molecule is Cc1cc([N+](=O)[O-])ccc1SC(C(=O)O)C(C)C. The summed E-state index contributed by atoms with van der Waals surface area (Å²) in [4.78, 5) is 22.0. The van der Waals surface area contributed by atoms with Crippen molar-refractivity contribution >= 4 is 23.4 Å². The monoisotopic (exact) mass is 269 g/mol. The molecular weight excluding hydrogens is 254 g/mol. The first-order valence-electron chi connectivity index (χ1n) is 5.47. The average molecular weight is 269 g/mol. The number of aliphatic carboxylic acids is 1. The number of hydrogen-bond acceptors (Lipinski definition) is 4. The normalized spacial score (nSPS) is 12.4. The summed E-state index contributed by atoms with van der Waals surface area (Å²) in [5.74, 6) is -0.880. The number of benzene rings is 1. The second-order valence-electron chi connectivity index (χ2n) is 4.33. The number of nitrogens with zero attached hydrogens (tertiary/aromatic N) is 1. The van der Waals surface area contributed by atoms with Crippen molar-refractivity contribution in [2.45, 2.75) is 30.9 Å². The molecule has 1 aromatic carbocycles. The number of carboxylic acid groups (broad SMARTS) is 1. The van der Waals surface area contributed by atoms with Crippen LogP contribution in [-0.4, -0.2) is 21.2 Å². The molecule has 1 N–H and O–H groups in total. The molecule has 0 radical (unpaired) electrons. The van der Waals surface area contributed by atoms with Crippen LogP contribution in [0.2, 0.25) is 0 Å². The van der Waals surface area contributed by atoms with E-state index in [2.05, 4.69) is 0 Å². The third-order valence-electron chi connectivity index (χ3n) is 2.47. The molecule has 0 aromatic heterocycles. The Balaban J connectivity index is 2.97. The smallest absolute Gasteiger partial charge is 0.317 e. The largest absolute Gasteiger partial charge is 0.480 e. The lowest BCUT2D eigenvalue weighted by molar-refractivity contribution is -0.385. The van der Waals surface area contributed by atoms with E-state index in [1.807, 2.05) is 13.8 Å². The molecular formula is C12H15NO4S. The highest BCUT2D eigenvalue weighted by atomic mass is 32.2. The van der Waals surface area contributed by atoms with Crippen LogP contribution in [0.4, 0.5) is 5.69 Å². The predicted molar refractivity (Wildman–Crippen MR) is 70.0 cm³/mol. The van der Waals surface area contributed by atoms with Crippen LogP contribution in [0.15, 0.2) is 23.1 Å². The van der Waals surface area contributed by atoms with Gasteiger partial charge in [-0.1, -0.05) is 13.8 Å². The van der Waals surface area contributed by atoms with Crippen LogP contribution in [0.5, 0.6) is 0 Å². The summed E-state index contributed by atoms with van der Waals surface area (Å²) < 4.78 is 0. The highest BCUT2D eigenvalue weighted by molar-refractivity contribution is 8.00. The highest BCUT2D eigenvalue weighted by Gasteiger charge is 2.23. The molecule has 1 rings (SSSR count). The zero-order valence-corrected chi connectivity index (χ0v) is 11.2. The van der Waals surface area contributed by atoms with Crippen molar-refractivity contribution in [1.29, 1.82) is 0 Å². The average Bonchev–Trinajstić information content (AvgIpc) is 2.25. The van der Waals surface area contributed by atoms with E-state index in [4.69, 9.17) is 5.11 Å². The van der Waals surface area contributed by atoms with E-state index in [0.717, 1.165) is 10.5 Å². The molecule has 0 amide bonds. The predicted octanol–water partition coefficient (Wildman–Crippen LogP) is 3.10. The van der Waals surface area contributed by atoms with E-state index >= 15 is 0 Å². The van der Waals surface area contributed by atoms with Crippen molar-refractivity contribution < 1.29 is 14.8 Å². The topological polar surface area (TPSA) is 80.4 Å². The number of carbonyl (C=O) groups is 1. The Morgan fingerprint density at radius 3 is 2.44 bits per heavy atom. The Morgan fingerprint density at radius 2 is 2.06 bits per heavy atom. The standard InChI is InChI=1S/C12H15NO4S/c1-7(2)11(12(14)15)18-10-5-4-9(13(16)17)6-8(10)3/h4-7,11H,1-3H3,(H,14,15). The molecule has 0 bridgehead atoms. The number of carboxylic acids is 1. The van der Waals surface area contributed by atoms with Crippen LogP contribution < -0.4 is 0 Å². The number of rotatable bonds is 5. The van der Waals surface area contributed by atoms with E-state index in [9.17, 15) is 14.9 Å². The van der Waals surface area contributed by atoms with Gasteiger partial charge in [-0.05, 0) is 24.5 Å². The third-order valence-corrected chi connectivity index (χ3v) is 4.18. The van der Waals surface area contributed by atoms with E-state index in [1.54, 1.807) is 13.0 Å². The van der Waals surface area contributed by atoms with Gasteiger partial charge in [-0.3, -0.25) is 14.9 Å². The zero-order chi connectivity index (χ0) is 13.9. The Labute approximate surface area is 109 Å². The second kappa shape index (κ2) is 5.86. The van der Waals surface area contributed by atoms with Crippen LogP contribution in [-0.2, 0) is 4.79 Å². The second-order valence-corrected chi connectivity index (χ2v) is 5.51. The minimum absolute atomic E-state index is 0.0120. The highest BCUT2D eigenvalue weighted by Crippen LogP contribution is 2.32.